The molecule has 0 saturated carbocycles. The van der Waals surface area contributed by atoms with E-state index in [0.29, 0.717) is 12.4 Å². The molecule has 0 aliphatic heterocycles. The van der Waals surface area contributed by atoms with Crippen LogP contribution in [-0.2, 0) is 14.8 Å². The first kappa shape index (κ1) is 18.7. The number of carbonyl (C=O) groups excluding carboxylic acids is 1. The van der Waals surface area contributed by atoms with Crippen molar-refractivity contribution < 1.29 is 17.9 Å². The lowest BCUT2D eigenvalue weighted by Crippen LogP contribution is -2.37. The number of anilines is 1. The number of nitrogens with zero attached hydrogens (tertiary/aromatic N) is 1. The van der Waals surface area contributed by atoms with Crippen molar-refractivity contribution in [2.75, 3.05) is 10.9 Å². The van der Waals surface area contributed by atoms with Gasteiger partial charge in [0.2, 0.25) is 0 Å². The number of carbonyl (C=O) groups is 1. The molecule has 25 heavy (non-hydrogen) atoms. The molecule has 1 amide bonds. The van der Waals surface area contributed by atoms with Gasteiger partial charge in [0.15, 0.2) is 0 Å². The van der Waals surface area contributed by atoms with Crippen LogP contribution in [0.15, 0.2) is 65.6 Å². The van der Waals surface area contributed by atoms with Crippen LogP contribution in [0, 0.1) is 6.92 Å². The number of aryl methyl sites for hydroxylation is 1. The Labute approximate surface area is 148 Å². The van der Waals surface area contributed by atoms with Crippen molar-refractivity contribution in [3.05, 3.63) is 66.2 Å². The topological polar surface area (TPSA) is 63.7 Å². The summed E-state index contributed by atoms with van der Waals surface area (Å²) in [7, 11) is -4.06. The molecule has 0 spiro atoms. The van der Waals surface area contributed by atoms with E-state index in [4.69, 9.17) is 4.74 Å². The van der Waals surface area contributed by atoms with Crippen molar-refractivity contribution in [3.63, 3.8) is 0 Å². The Kier molecular flexibility index (Phi) is 5.64. The molecule has 0 N–H and O–H groups in total. The van der Waals surface area contributed by atoms with Crippen LogP contribution in [0.4, 0.5) is 5.69 Å². The molecule has 2 rings (SSSR count). The number of benzene rings is 2. The van der Waals surface area contributed by atoms with Crippen LogP contribution in [0.5, 0.6) is 5.75 Å². The Morgan fingerprint density at radius 2 is 1.64 bits per heavy atom. The van der Waals surface area contributed by atoms with Crippen LogP contribution in [-0.4, -0.2) is 20.9 Å². The number of hydrogen-bond acceptors (Lipinski definition) is 4. The number of rotatable bonds is 6. The third-order valence-corrected chi connectivity index (χ3v) is 5.22. The summed E-state index contributed by atoms with van der Waals surface area (Å²) in [4.78, 5) is 12.6. The molecule has 132 valence electrons. The third-order valence-electron chi connectivity index (χ3n) is 3.49. The summed E-state index contributed by atoms with van der Waals surface area (Å²) in [6, 6.07) is 12.7. The second-order valence-corrected chi connectivity index (χ2v) is 7.38. The molecule has 0 radical (unpaired) electrons. The highest BCUT2D eigenvalue weighted by molar-refractivity contribution is 7.93. The van der Waals surface area contributed by atoms with Gasteiger partial charge in [-0.1, -0.05) is 24.3 Å². The zero-order chi connectivity index (χ0) is 18.6. The summed E-state index contributed by atoms with van der Waals surface area (Å²) in [5, 5.41) is 0. The average Bonchev–Trinajstić information content (AvgIpc) is 2.57. The zero-order valence-corrected chi connectivity index (χ0v) is 15.3. The molecule has 2 aromatic carbocycles. The predicted molar refractivity (Wildman–Crippen MR) is 98.3 cm³/mol. The normalized spacial score (nSPS) is 11.0. The van der Waals surface area contributed by atoms with Crippen molar-refractivity contribution in [2.24, 2.45) is 0 Å². The van der Waals surface area contributed by atoms with E-state index in [1.54, 1.807) is 24.3 Å². The van der Waals surface area contributed by atoms with Gasteiger partial charge in [0.1, 0.15) is 5.75 Å². The lowest BCUT2D eigenvalue weighted by atomic mass is 10.2. The van der Waals surface area contributed by atoms with E-state index >= 15 is 0 Å². The molecule has 0 aliphatic carbocycles. The van der Waals surface area contributed by atoms with Gasteiger partial charge in [0.05, 0.1) is 17.2 Å². The minimum Gasteiger partial charge on any atom is -0.494 e. The van der Waals surface area contributed by atoms with Crippen LogP contribution in [0.25, 0.3) is 0 Å². The number of hydrogen-bond donors (Lipinski definition) is 0. The average molecular weight is 359 g/mol. The summed E-state index contributed by atoms with van der Waals surface area (Å²) in [6.07, 6.45) is 0. The summed E-state index contributed by atoms with van der Waals surface area (Å²) >= 11 is 0. The van der Waals surface area contributed by atoms with Gasteiger partial charge in [-0.25, -0.2) is 8.42 Å². The Morgan fingerprint density at radius 1 is 1.08 bits per heavy atom. The third kappa shape index (κ3) is 4.09. The van der Waals surface area contributed by atoms with Gasteiger partial charge in [-0.3, -0.25) is 4.79 Å². The smallest absolute Gasteiger partial charge is 0.271 e. The minimum absolute atomic E-state index is 0.0431. The van der Waals surface area contributed by atoms with E-state index < -0.39 is 15.9 Å². The molecule has 0 aliphatic rings. The standard InChI is InChI=1S/C19H21NO4S/c1-5-24-17-10-8-16(9-11-17)20(19(21)14(2)3)25(22,23)18-12-6-15(4)7-13-18/h6-13H,2,5H2,1,3-4H3. The Hall–Kier alpha value is -2.60. The molecular weight excluding hydrogens is 338 g/mol. The zero-order valence-electron chi connectivity index (χ0n) is 14.5. The van der Waals surface area contributed by atoms with E-state index in [1.807, 2.05) is 13.8 Å². The summed E-state index contributed by atoms with van der Waals surface area (Å²) in [5.41, 5.74) is 1.29. The summed E-state index contributed by atoms with van der Waals surface area (Å²) < 4.78 is 32.2. The monoisotopic (exact) mass is 359 g/mol. The SMILES string of the molecule is C=C(C)C(=O)N(c1ccc(OCC)cc1)S(=O)(=O)c1ccc(C)cc1. The Morgan fingerprint density at radius 3 is 2.12 bits per heavy atom. The molecule has 0 heterocycles. The van der Waals surface area contributed by atoms with Gasteiger partial charge >= 0.3 is 0 Å². The molecule has 2 aromatic rings. The lowest BCUT2D eigenvalue weighted by molar-refractivity contribution is -0.113. The molecule has 0 bridgehead atoms. The molecule has 0 saturated heterocycles. The Bertz CT molecular complexity index is 869. The van der Waals surface area contributed by atoms with E-state index in [0.717, 1.165) is 9.87 Å². The van der Waals surface area contributed by atoms with Crippen LogP contribution >= 0.6 is 0 Å². The van der Waals surface area contributed by atoms with Crippen LogP contribution in [0.1, 0.15) is 19.4 Å². The highest BCUT2D eigenvalue weighted by atomic mass is 32.2. The van der Waals surface area contributed by atoms with Crippen LogP contribution in [0.2, 0.25) is 0 Å². The quantitative estimate of drug-likeness (QED) is 0.738. The molecular formula is C19H21NO4S. The van der Waals surface area contributed by atoms with Gasteiger partial charge in [0.25, 0.3) is 15.9 Å². The van der Waals surface area contributed by atoms with Crippen molar-refractivity contribution in [1.82, 2.24) is 0 Å². The molecule has 0 fully saturated rings. The highest BCUT2D eigenvalue weighted by Gasteiger charge is 2.31. The predicted octanol–water partition coefficient (Wildman–Crippen LogP) is 3.69. The highest BCUT2D eigenvalue weighted by Crippen LogP contribution is 2.27. The number of amides is 1. The van der Waals surface area contributed by atoms with E-state index in [1.165, 1.54) is 31.2 Å². The van der Waals surface area contributed by atoms with Crippen LogP contribution in [0.3, 0.4) is 0 Å². The molecule has 0 unspecified atom stereocenters. The lowest BCUT2D eigenvalue weighted by Gasteiger charge is -2.23. The fourth-order valence-corrected chi connectivity index (χ4v) is 3.66. The fraction of sp³-hybridized carbons (Fsp3) is 0.211. The van der Waals surface area contributed by atoms with Gasteiger partial charge in [-0.2, -0.15) is 4.31 Å². The van der Waals surface area contributed by atoms with Crippen LogP contribution < -0.4 is 9.04 Å². The number of ether oxygens (including phenoxy) is 1. The van der Waals surface area contributed by atoms with Gasteiger partial charge in [-0.05, 0) is 57.2 Å². The van der Waals surface area contributed by atoms with E-state index in [-0.39, 0.29) is 16.2 Å². The summed E-state index contributed by atoms with van der Waals surface area (Å²) in [5.74, 6) is -0.0774. The molecule has 5 nitrogen and oxygen atoms in total. The fourth-order valence-electron chi connectivity index (χ4n) is 2.20. The molecule has 0 atom stereocenters. The first-order valence-electron chi connectivity index (χ1n) is 7.82. The summed E-state index contributed by atoms with van der Waals surface area (Å²) in [6.45, 7) is 9.28. The minimum atomic E-state index is -4.06. The van der Waals surface area contributed by atoms with Gasteiger partial charge < -0.3 is 4.74 Å². The van der Waals surface area contributed by atoms with E-state index in [9.17, 15) is 13.2 Å². The maximum absolute atomic E-state index is 13.0. The maximum Gasteiger partial charge on any atom is 0.271 e. The van der Waals surface area contributed by atoms with Crippen molar-refractivity contribution in [2.45, 2.75) is 25.7 Å². The second-order valence-electron chi connectivity index (χ2n) is 5.59. The van der Waals surface area contributed by atoms with Crippen molar-refractivity contribution in [3.8, 4) is 5.75 Å². The maximum atomic E-state index is 13.0. The van der Waals surface area contributed by atoms with E-state index in [2.05, 4.69) is 6.58 Å². The number of sulfonamides is 1. The van der Waals surface area contributed by atoms with Crippen molar-refractivity contribution >= 4 is 21.6 Å². The first-order chi connectivity index (χ1) is 11.8. The van der Waals surface area contributed by atoms with Gasteiger partial charge in [-0.15, -0.1) is 0 Å². The molecule has 6 heteroatoms. The largest absolute Gasteiger partial charge is 0.494 e. The first-order valence-corrected chi connectivity index (χ1v) is 9.26. The Balaban J connectivity index is 2.54. The van der Waals surface area contributed by atoms with Crippen molar-refractivity contribution in [1.29, 1.82) is 0 Å². The molecule has 0 aromatic heterocycles. The second kappa shape index (κ2) is 7.53. The van der Waals surface area contributed by atoms with Gasteiger partial charge in [0, 0.05) is 5.57 Å².